The zero-order chi connectivity index (χ0) is 17.3. The van der Waals surface area contributed by atoms with Crippen molar-refractivity contribution in [3.63, 3.8) is 0 Å². The molecule has 1 atom stereocenters. The normalized spacial score (nSPS) is 22.4. The summed E-state index contributed by atoms with van der Waals surface area (Å²) in [6, 6.07) is 17.8. The van der Waals surface area contributed by atoms with Crippen LogP contribution in [0, 0.1) is 5.41 Å². The molecule has 25 heavy (non-hydrogen) atoms. The fourth-order valence-corrected chi connectivity index (χ4v) is 4.34. The Morgan fingerprint density at radius 2 is 1.60 bits per heavy atom. The number of ether oxygens (including phenoxy) is 1. The summed E-state index contributed by atoms with van der Waals surface area (Å²) in [4.78, 5) is 13.1. The van der Waals surface area contributed by atoms with Gasteiger partial charge >= 0.3 is 5.97 Å². The van der Waals surface area contributed by atoms with Crippen LogP contribution in [0.2, 0.25) is 5.02 Å². The van der Waals surface area contributed by atoms with E-state index in [1.54, 1.807) is 0 Å². The average Bonchev–Trinajstić information content (AvgIpc) is 2.66. The van der Waals surface area contributed by atoms with E-state index in [1.807, 2.05) is 54.6 Å². The van der Waals surface area contributed by atoms with Crippen LogP contribution in [0.25, 0.3) is 5.76 Å². The number of rotatable bonds is 2. The first-order valence-electron chi connectivity index (χ1n) is 8.94. The van der Waals surface area contributed by atoms with E-state index in [4.69, 9.17) is 16.3 Å². The second-order valence-corrected chi connectivity index (χ2v) is 7.47. The van der Waals surface area contributed by atoms with Gasteiger partial charge in [0.05, 0.1) is 5.41 Å². The quantitative estimate of drug-likeness (QED) is 0.622. The highest BCUT2D eigenvalue weighted by molar-refractivity contribution is 6.30. The molecule has 2 aromatic rings. The molecule has 4 rings (SSSR count). The summed E-state index contributed by atoms with van der Waals surface area (Å²) in [5, 5.41) is 0.715. The van der Waals surface area contributed by atoms with Crippen LogP contribution < -0.4 is 0 Å². The summed E-state index contributed by atoms with van der Waals surface area (Å²) in [6.45, 7) is 0. The summed E-state index contributed by atoms with van der Waals surface area (Å²) in [5.41, 5.74) is 1.64. The molecule has 2 aromatic carbocycles. The molecule has 0 amide bonds. The monoisotopic (exact) mass is 352 g/mol. The van der Waals surface area contributed by atoms with Crippen LogP contribution >= 0.6 is 11.6 Å². The van der Waals surface area contributed by atoms with E-state index in [-0.39, 0.29) is 11.9 Å². The van der Waals surface area contributed by atoms with E-state index in [0.717, 1.165) is 36.8 Å². The van der Waals surface area contributed by atoms with Crippen LogP contribution in [-0.4, -0.2) is 5.97 Å². The van der Waals surface area contributed by atoms with Gasteiger partial charge in [-0.15, -0.1) is 0 Å². The third-order valence-electron chi connectivity index (χ3n) is 5.56. The zero-order valence-corrected chi connectivity index (χ0v) is 14.8. The van der Waals surface area contributed by atoms with Gasteiger partial charge in [-0.3, -0.25) is 4.79 Å². The van der Waals surface area contributed by atoms with E-state index >= 15 is 0 Å². The van der Waals surface area contributed by atoms with E-state index in [0.29, 0.717) is 10.8 Å². The van der Waals surface area contributed by atoms with Crippen molar-refractivity contribution in [3.05, 3.63) is 76.8 Å². The van der Waals surface area contributed by atoms with Crippen LogP contribution in [0.3, 0.4) is 0 Å². The van der Waals surface area contributed by atoms with Crippen LogP contribution in [0.4, 0.5) is 0 Å². The minimum absolute atomic E-state index is 0.0292. The summed E-state index contributed by atoms with van der Waals surface area (Å²) in [5.74, 6) is 0.622. The Labute approximate surface area is 153 Å². The Hall–Kier alpha value is -2.06. The Balaban J connectivity index is 1.82. The van der Waals surface area contributed by atoms with Crippen molar-refractivity contribution in [3.8, 4) is 0 Å². The first-order chi connectivity index (χ1) is 12.2. The minimum Gasteiger partial charge on any atom is -0.426 e. The predicted octanol–water partition coefficient (Wildman–Crippen LogP) is 5.97. The van der Waals surface area contributed by atoms with Gasteiger partial charge < -0.3 is 4.74 Å². The zero-order valence-electron chi connectivity index (χ0n) is 14.1. The van der Waals surface area contributed by atoms with Crippen molar-refractivity contribution in [2.45, 2.75) is 38.0 Å². The maximum atomic E-state index is 13.1. The van der Waals surface area contributed by atoms with Crippen LogP contribution in [0.15, 0.2) is 60.7 Å². The van der Waals surface area contributed by atoms with Gasteiger partial charge in [-0.1, -0.05) is 73.3 Å². The Morgan fingerprint density at radius 1 is 0.920 bits per heavy atom. The molecule has 1 fully saturated rings. The molecule has 1 aliphatic heterocycles. The molecule has 0 saturated heterocycles. The first kappa shape index (κ1) is 16.4. The molecule has 0 bridgehead atoms. The number of carbonyl (C=O) groups is 1. The molecule has 2 aliphatic rings. The van der Waals surface area contributed by atoms with E-state index in [1.165, 1.54) is 6.42 Å². The molecule has 1 heterocycles. The van der Waals surface area contributed by atoms with Crippen LogP contribution in [0.5, 0.6) is 0 Å². The van der Waals surface area contributed by atoms with Crippen molar-refractivity contribution in [2.75, 3.05) is 0 Å². The molecular weight excluding hydrogens is 332 g/mol. The highest BCUT2D eigenvalue weighted by atomic mass is 35.5. The molecule has 128 valence electrons. The van der Waals surface area contributed by atoms with Crippen molar-refractivity contribution in [2.24, 2.45) is 5.41 Å². The largest absolute Gasteiger partial charge is 0.426 e. The molecule has 1 spiro atoms. The molecule has 0 N–H and O–H groups in total. The van der Waals surface area contributed by atoms with Gasteiger partial charge in [0, 0.05) is 16.5 Å². The fraction of sp³-hybridized carbons (Fsp3) is 0.318. The lowest BCUT2D eigenvalue weighted by molar-refractivity contribution is -0.153. The number of cyclic esters (lactones) is 1. The summed E-state index contributed by atoms with van der Waals surface area (Å²) in [7, 11) is 0. The lowest BCUT2D eigenvalue weighted by Gasteiger charge is -2.43. The second kappa shape index (κ2) is 6.68. The molecule has 1 saturated carbocycles. The van der Waals surface area contributed by atoms with Gasteiger partial charge in [-0.25, -0.2) is 0 Å². The van der Waals surface area contributed by atoms with Gasteiger partial charge in [0.15, 0.2) is 0 Å². The highest BCUT2D eigenvalue weighted by Crippen LogP contribution is 2.52. The number of halogens is 1. The Bertz CT molecular complexity index is 787. The third-order valence-corrected chi connectivity index (χ3v) is 5.81. The lowest BCUT2D eigenvalue weighted by atomic mass is 9.62. The highest BCUT2D eigenvalue weighted by Gasteiger charge is 2.50. The van der Waals surface area contributed by atoms with Crippen molar-refractivity contribution in [1.29, 1.82) is 0 Å². The molecule has 0 radical (unpaired) electrons. The van der Waals surface area contributed by atoms with E-state index in [9.17, 15) is 4.79 Å². The van der Waals surface area contributed by atoms with E-state index < -0.39 is 5.41 Å². The molecule has 0 aromatic heterocycles. The summed E-state index contributed by atoms with van der Waals surface area (Å²) >= 11 is 6.07. The van der Waals surface area contributed by atoms with Crippen molar-refractivity contribution >= 4 is 23.3 Å². The van der Waals surface area contributed by atoms with Crippen LogP contribution in [0.1, 0.15) is 49.1 Å². The van der Waals surface area contributed by atoms with Gasteiger partial charge in [0.1, 0.15) is 5.76 Å². The topological polar surface area (TPSA) is 26.3 Å². The van der Waals surface area contributed by atoms with Gasteiger partial charge in [0.25, 0.3) is 0 Å². The van der Waals surface area contributed by atoms with E-state index in [2.05, 4.69) is 6.08 Å². The van der Waals surface area contributed by atoms with Gasteiger partial charge in [0.2, 0.25) is 0 Å². The third kappa shape index (κ3) is 3.00. The van der Waals surface area contributed by atoms with Crippen molar-refractivity contribution in [1.82, 2.24) is 0 Å². The maximum Gasteiger partial charge on any atom is 0.318 e. The first-order valence-corrected chi connectivity index (χ1v) is 9.32. The summed E-state index contributed by atoms with van der Waals surface area (Å²) in [6.07, 6.45) is 7.26. The number of hydrogen-bond donors (Lipinski definition) is 0. The lowest BCUT2D eigenvalue weighted by Crippen LogP contribution is -2.42. The molecular formula is C22H21ClO2. The molecule has 1 aliphatic carbocycles. The van der Waals surface area contributed by atoms with Crippen molar-refractivity contribution < 1.29 is 9.53 Å². The SMILES string of the molecule is O=C1OC(c2ccccc2)=CC(c2ccc(Cl)cc2)C12CCCCC2. The number of benzene rings is 2. The second-order valence-electron chi connectivity index (χ2n) is 7.03. The maximum absolute atomic E-state index is 13.1. The number of esters is 1. The van der Waals surface area contributed by atoms with Gasteiger partial charge in [-0.2, -0.15) is 0 Å². The van der Waals surface area contributed by atoms with Gasteiger partial charge in [-0.05, 0) is 36.6 Å². The molecule has 1 unspecified atom stereocenters. The smallest absolute Gasteiger partial charge is 0.318 e. The molecule has 2 nitrogen and oxygen atoms in total. The average molecular weight is 353 g/mol. The van der Waals surface area contributed by atoms with Crippen LogP contribution in [-0.2, 0) is 9.53 Å². The number of carbonyl (C=O) groups excluding carboxylic acids is 1. The molecule has 3 heteroatoms. The number of allylic oxidation sites excluding steroid dienone is 1. The Morgan fingerprint density at radius 3 is 2.28 bits per heavy atom. The minimum atomic E-state index is -0.440. The number of hydrogen-bond acceptors (Lipinski definition) is 2. The standard InChI is InChI=1S/C22H21ClO2/c23-18-11-9-16(10-12-18)19-15-20(17-7-3-1-4-8-17)25-21(24)22(19)13-5-2-6-14-22/h1,3-4,7-12,15,19H,2,5-6,13-14H2. The predicted molar refractivity (Wildman–Crippen MR) is 100 cm³/mol. The Kier molecular flexibility index (Phi) is 4.39. The summed E-state index contributed by atoms with van der Waals surface area (Å²) < 4.78 is 5.84. The fourth-order valence-electron chi connectivity index (χ4n) is 4.21.